The van der Waals surface area contributed by atoms with Gasteiger partial charge in [-0.15, -0.1) is 0 Å². The number of ketones is 1. The fraction of sp³-hybridized carbons (Fsp3) is 0.438. The molecule has 1 saturated carbocycles. The molecule has 1 aromatic carbocycles. The van der Waals surface area contributed by atoms with Crippen molar-refractivity contribution < 1.29 is 4.79 Å². The number of allylic oxidation sites excluding steroid dienone is 2. The largest absolute Gasteiger partial charge is 0.294 e. The van der Waals surface area contributed by atoms with E-state index in [0.717, 1.165) is 24.2 Å². The van der Waals surface area contributed by atoms with E-state index in [1.54, 1.807) is 11.8 Å². The summed E-state index contributed by atoms with van der Waals surface area (Å²) in [6.45, 7) is 0. The Morgan fingerprint density at radius 1 is 1.00 bits per heavy atom. The number of rotatable bonds is 2. The predicted octanol–water partition coefficient (Wildman–Crippen LogP) is 4.59. The van der Waals surface area contributed by atoms with Crippen molar-refractivity contribution in [3.8, 4) is 0 Å². The molecule has 0 N–H and O–H groups in total. The van der Waals surface area contributed by atoms with E-state index < -0.39 is 0 Å². The van der Waals surface area contributed by atoms with Gasteiger partial charge >= 0.3 is 0 Å². The fourth-order valence-electron chi connectivity index (χ4n) is 3.03. The van der Waals surface area contributed by atoms with E-state index in [-0.39, 0.29) is 0 Å². The molecule has 3 rings (SSSR count). The first-order valence-corrected chi connectivity index (χ1v) is 7.65. The van der Waals surface area contributed by atoms with Crippen LogP contribution in [0, 0.1) is 5.92 Å². The Morgan fingerprint density at radius 3 is 2.67 bits per heavy atom. The normalized spacial score (nSPS) is 24.0. The quantitative estimate of drug-likeness (QED) is 0.772. The molecule has 0 bridgehead atoms. The summed E-state index contributed by atoms with van der Waals surface area (Å²) in [7, 11) is 0. The van der Waals surface area contributed by atoms with Gasteiger partial charge in [-0.2, -0.15) is 0 Å². The first-order valence-electron chi connectivity index (χ1n) is 6.84. The van der Waals surface area contributed by atoms with Gasteiger partial charge < -0.3 is 0 Å². The zero-order valence-electron chi connectivity index (χ0n) is 10.5. The lowest BCUT2D eigenvalue weighted by Gasteiger charge is -2.31. The van der Waals surface area contributed by atoms with Gasteiger partial charge in [-0.05, 0) is 49.3 Å². The molecule has 0 aromatic heterocycles. The maximum Gasteiger partial charge on any atom is 0.169 e. The molecule has 1 nitrogen and oxygen atoms in total. The van der Waals surface area contributed by atoms with E-state index in [4.69, 9.17) is 0 Å². The number of carbonyl (C=O) groups excluding carboxylic acids is 1. The molecule has 0 saturated heterocycles. The molecule has 0 aliphatic heterocycles. The van der Waals surface area contributed by atoms with Crippen LogP contribution in [0.3, 0.4) is 0 Å². The lowest BCUT2D eigenvalue weighted by Crippen LogP contribution is -2.21. The van der Waals surface area contributed by atoms with Gasteiger partial charge in [0.1, 0.15) is 0 Å². The van der Waals surface area contributed by atoms with Crippen molar-refractivity contribution in [1.29, 1.82) is 0 Å². The van der Waals surface area contributed by atoms with Crippen molar-refractivity contribution >= 4 is 17.5 Å². The van der Waals surface area contributed by atoms with Crippen LogP contribution in [0.15, 0.2) is 45.7 Å². The summed E-state index contributed by atoms with van der Waals surface area (Å²) in [5.41, 5.74) is 1.46. The van der Waals surface area contributed by atoms with Crippen LogP contribution in [0.2, 0.25) is 0 Å². The minimum Gasteiger partial charge on any atom is -0.294 e. The van der Waals surface area contributed by atoms with E-state index in [0.29, 0.717) is 11.7 Å². The summed E-state index contributed by atoms with van der Waals surface area (Å²) >= 11 is 1.69. The number of carbonyl (C=O) groups is 1. The second kappa shape index (κ2) is 5.31. The van der Waals surface area contributed by atoms with Crippen molar-refractivity contribution in [2.45, 2.75) is 43.4 Å². The maximum absolute atomic E-state index is 12.2. The standard InChI is InChI=1S/C16H18OS/c17-15-11-10-12-6-4-5-9-14(12)16(15)18-13-7-2-1-3-8-13/h1-3,7-8,12H,4-6,9-11H2. The van der Waals surface area contributed by atoms with Crippen molar-refractivity contribution in [2.75, 3.05) is 0 Å². The van der Waals surface area contributed by atoms with Gasteiger partial charge in [-0.25, -0.2) is 0 Å². The molecule has 1 unspecified atom stereocenters. The predicted molar refractivity (Wildman–Crippen MR) is 75.5 cm³/mol. The Labute approximate surface area is 113 Å². The van der Waals surface area contributed by atoms with Gasteiger partial charge in [-0.1, -0.05) is 36.4 Å². The van der Waals surface area contributed by atoms with Crippen LogP contribution in [0.1, 0.15) is 38.5 Å². The van der Waals surface area contributed by atoms with Gasteiger partial charge in [0.2, 0.25) is 0 Å². The second-order valence-corrected chi connectivity index (χ2v) is 6.26. The molecule has 94 valence electrons. The lowest BCUT2D eigenvalue weighted by atomic mass is 9.77. The van der Waals surface area contributed by atoms with Gasteiger partial charge in [0, 0.05) is 11.3 Å². The number of benzene rings is 1. The SMILES string of the molecule is O=C1CCC2CCCCC2=C1Sc1ccccc1. The molecule has 0 spiro atoms. The van der Waals surface area contributed by atoms with Gasteiger partial charge in [0.15, 0.2) is 5.78 Å². The number of Topliss-reactive ketones (excluding diaryl/α,β-unsaturated/α-hetero) is 1. The summed E-state index contributed by atoms with van der Waals surface area (Å²) in [4.78, 5) is 14.4. The average molecular weight is 258 g/mol. The highest BCUT2D eigenvalue weighted by Crippen LogP contribution is 2.44. The Balaban J connectivity index is 1.91. The zero-order chi connectivity index (χ0) is 12.4. The molecule has 0 amide bonds. The van der Waals surface area contributed by atoms with Crippen LogP contribution in [0.25, 0.3) is 0 Å². The van der Waals surface area contributed by atoms with E-state index in [9.17, 15) is 4.79 Å². The highest BCUT2D eigenvalue weighted by molar-refractivity contribution is 8.04. The number of hydrogen-bond acceptors (Lipinski definition) is 2. The second-order valence-electron chi connectivity index (χ2n) is 5.17. The van der Waals surface area contributed by atoms with Gasteiger partial charge in [0.25, 0.3) is 0 Å². The minimum atomic E-state index is 0.372. The Hall–Kier alpha value is -1.02. The summed E-state index contributed by atoms with van der Waals surface area (Å²) in [6.07, 6.45) is 6.88. The first kappa shape index (κ1) is 12.0. The van der Waals surface area contributed by atoms with E-state index in [1.165, 1.54) is 29.7 Å². The third kappa shape index (κ3) is 2.39. The van der Waals surface area contributed by atoms with Gasteiger partial charge in [0.05, 0.1) is 4.91 Å². The van der Waals surface area contributed by atoms with Crippen LogP contribution in [-0.4, -0.2) is 5.78 Å². The molecule has 0 heterocycles. The molecular weight excluding hydrogens is 240 g/mol. The summed E-state index contributed by atoms with van der Waals surface area (Å²) in [5, 5.41) is 0. The third-order valence-electron chi connectivity index (χ3n) is 3.97. The monoisotopic (exact) mass is 258 g/mol. The summed E-state index contributed by atoms with van der Waals surface area (Å²) in [6, 6.07) is 10.3. The van der Waals surface area contributed by atoms with Crippen LogP contribution >= 0.6 is 11.8 Å². The third-order valence-corrected chi connectivity index (χ3v) is 5.17. The Bertz CT molecular complexity index is 475. The molecule has 1 fully saturated rings. The number of hydrogen-bond donors (Lipinski definition) is 0. The first-order chi connectivity index (χ1) is 8.84. The smallest absolute Gasteiger partial charge is 0.169 e. The molecule has 1 atom stereocenters. The molecule has 2 heteroatoms. The van der Waals surface area contributed by atoms with E-state index >= 15 is 0 Å². The Morgan fingerprint density at radius 2 is 1.83 bits per heavy atom. The minimum absolute atomic E-state index is 0.372. The van der Waals surface area contributed by atoms with Crippen molar-refractivity contribution in [1.82, 2.24) is 0 Å². The van der Waals surface area contributed by atoms with Crippen molar-refractivity contribution in [3.63, 3.8) is 0 Å². The van der Waals surface area contributed by atoms with Crippen LogP contribution in [-0.2, 0) is 4.79 Å². The maximum atomic E-state index is 12.2. The highest BCUT2D eigenvalue weighted by atomic mass is 32.2. The number of fused-ring (bicyclic) bond motifs is 1. The summed E-state index contributed by atoms with van der Waals surface area (Å²) < 4.78 is 0. The summed E-state index contributed by atoms with van der Waals surface area (Å²) in [5.74, 6) is 1.07. The number of thioether (sulfide) groups is 1. The van der Waals surface area contributed by atoms with Crippen LogP contribution in [0.5, 0.6) is 0 Å². The zero-order valence-corrected chi connectivity index (χ0v) is 11.3. The molecule has 1 aromatic rings. The van der Waals surface area contributed by atoms with Crippen molar-refractivity contribution in [2.24, 2.45) is 5.92 Å². The molecule has 18 heavy (non-hydrogen) atoms. The Kier molecular flexibility index (Phi) is 3.55. The lowest BCUT2D eigenvalue weighted by molar-refractivity contribution is -0.115. The average Bonchev–Trinajstić information content (AvgIpc) is 2.43. The van der Waals surface area contributed by atoms with Crippen LogP contribution in [0.4, 0.5) is 0 Å². The van der Waals surface area contributed by atoms with Crippen LogP contribution < -0.4 is 0 Å². The van der Waals surface area contributed by atoms with Gasteiger partial charge in [-0.3, -0.25) is 4.79 Å². The molecular formula is C16H18OS. The topological polar surface area (TPSA) is 17.1 Å². The highest BCUT2D eigenvalue weighted by Gasteiger charge is 2.30. The molecule has 0 radical (unpaired) electrons. The van der Waals surface area contributed by atoms with Crippen molar-refractivity contribution in [3.05, 3.63) is 40.8 Å². The molecule has 2 aliphatic rings. The fourth-order valence-corrected chi connectivity index (χ4v) is 4.17. The molecule has 2 aliphatic carbocycles. The van der Waals surface area contributed by atoms with E-state index in [1.807, 2.05) is 18.2 Å². The van der Waals surface area contributed by atoms with E-state index in [2.05, 4.69) is 12.1 Å².